The normalized spacial score (nSPS) is 12.5. The quantitative estimate of drug-likeness (QED) is 0.607. The SMILES string of the molecule is Cc1ccc(-c2nnc(CS(=O)(=O)/C=C/S(=O)(=O)c3ccccc3)s2)cc1. The molecule has 3 rings (SSSR count). The molecule has 0 atom stereocenters. The molecule has 0 radical (unpaired) electrons. The van der Waals surface area contributed by atoms with Crippen molar-refractivity contribution in [3.8, 4) is 10.6 Å². The summed E-state index contributed by atoms with van der Waals surface area (Å²) in [5.74, 6) is -0.405. The van der Waals surface area contributed by atoms with E-state index in [4.69, 9.17) is 0 Å². The zero-order chi connectivity index (χ0) is 19.5. The molecule has 9 heteroatoms. The third-order valence-electron chi connectivity index (χ3n) is 3.60. The van der Waals surface area contributed by atoms with Crippen molar-refractivity contribution in [2.24, 2.45) is 0 Å². The fourth-order valence-corrected chi connectivity index (χ4v) is 6.01. The van der Waals surface area contributed by atoms with Gasteiger partial charge in [-0.25, -0.2) is 16.8 Å². The van der Waals surface area contributed by atoms with Crippen LogP contribution in [0.25, 0.3) is 10.6 Å². The number of sulfone groups is 2. The van der Waals surface area contributed by atoms with Gasteiger partial charge in [-0.15, -0.1) is 10.2 Å². The van der Waals surface area contributed by atoms with Crippen LogP contribution in [0.4, 0.5) is 0 Å². The molecule has 0 amide bonds. The molecule has 1 heterocycles. The molecule has 0 spiro atoms. The van der Waals surface area contributed by atoms with Gasteiger partial charge in [0.25, 0.3) is 0 Å². The maximum Gasteiger partial charge on any atom is 0.200 e. The average molecular weight is 421 g/mol. The molecule has 140 valence electrons. The summed E-state index contributed by atoms with van der Waals surface area (Å²) < 4.78 is 48.9. The summed E-state index contributed by atoms with van der Waals surface area (Å²) in [6, 6.07) is 15.3. The van der Waals surface area contributed by atoms with Crippen LogP contribution in [0.3, 0.4) is 0 Å². The number of nitrogens with zero attached hydrogens (tertiary/aromatic N) is 2. The Kier molecular flexibility index (Phi) is 5.54. The van der Waals surface area contributed by atoms with Crippen LogP contribution in [0, 0.1) is 6.92 Å². The largest absolute Gasteiger partial charge is 0.224 e. The molecule has 0 N–H and O–H groups in total. The van der Waals surface area contributed by atoms with Gasteiger partial charge in [-0.05, 0) is 19.1 Å². The lowest BCUT2D eigenvalue weighted by Crippen LogP contribution is -2.02. The van der Waals surface area contributed by atoms with Gasteiger partial charge in [0.1, 0.15) is 15.8 Å². The van der Waals surface area contributed by atoms with Crippen LogP contribution in [-0.4, -0.2) is 27.0 Å². The highest BCUT2D eigenvalue weighted by atomic mass is 32.2. The van der Waals surface area contributed by atoms with Gasteiger partial charge in [-0.2, -0.15) is 0 Å². The lowest BCUT2D eigenvalue weighted by Gasteiger charge is -1.98. The van der Waals surface area contributed by atoms with Crippen LogP contribution in [-0.2, 0) is 25.4 Å². The summed E-state index contributed by atoms with van der Waals surface area (Å²) in [4.78, 5) is 0.0361. The molecule has 3 aromatic rings. The minimum Gasteiger partial charge on any atom is -0.224 e. The number of aromatic nitrogens is 2. The van der Waals surface area contributed by atoms with Crippen molar-refractivity contribution in [2.75, 3.05) is 0 Å². The lowest BCUT2D eigenvalue weighted by atomic mass is 10.2. The van der Waals surface area contributed by atoms with Crippen molar-refractivity contribution < 1.29 is 16.8 Å². The summed E-state index contributed by atoms with van der Waals surface area (Å²) in [7, 11) is -7.62. The average Bonchev–Trinajstić information content (AvgIpc) is 3.09. The topological polar surface area (TPSA) is 94.1 Å². The first-order chi connectivity index (χ1) is 12.8. The minimum absolute atomic E-state index is 0.0361. The summed E-state index contributed by atoms with van der Waals surface area (Å²) in [5.41, 5.74) is 1.96. The monoisotopic (exact) mass is 420 g/mol. The fraction of sp³-hybridized carbons (Fsp3) is 0.111. The van der Waals surface area contributed by atoms with Crippen LogP contribution in [0.15, 0.2) is 70.3 Å². The Bertz CT molecular complexity index is 1160. The molecule has 2 aromatic carbocycles. The van der Waals surface area contributed by atoms with Gasteiger partial charge in [0.2, 0.25) is 9.84 Å². The van der Waals surface area contributed by atoms with E-state index in [1.54, 1.807) is 18.2 Å². The lowest BCUT2D eigenvalue weighted by molar-refractivity contribution is 0.600. The van der Waals surface area contributed by atoms with Gasteiger partial charge in [0.05, 0.1) is 4.90 Å². The van der Waals surface area contributed by atoms with Crippen molar-refractivity contribution in [3.05, 3.63) is 76.0 Å². The van der Waals surface area contributed by atoms with Crippen LogP contribution < -0.4 is 0 Å². The van der Waals surface area contributed by atoms with Gasteiger partial charge < -0.3 is 0 Å². The first-order valence-electron chi connectivity index (χ1n) is 7.86. The van der Waals surface area contributed by atoms with E-state index < -0.39 is 25.4 Å². The molecule has 0 saturated heterocycles. The maximum atomic E-state index is 12.3. The molecular formula is C18H16N2O4S3. The standard InChI is InChI=1S/C18H16N2O4S3/c1-14-7-9-15(10-8-14)18-20-19-17(25-18)13-26(21,22)11-12-27(23,24)16-5-3-2-4-6-16/h2-12H,13H2,1H3/b12-11+. The van der Waals surface area contributed by atoms with Crippen molar-refractivity contribution >= 4 is 31.0 Å². The Labute approximate surface area is 162 Å². The predicted molar refractivity (Wildman–Crippen MR) is 105 cm³/mol. The number of hydrogen-bond donors (Lipinski definition) is 0. The Morgan fingerprint density at radius 1 is 0.889 bits per heavy atom. The van der Waals surface area contributed by atoms with Crippen molar-refractivity contribution in [2.45, 2.75) is 17.6 Å². The molecule has 0 aliphatic carbocycles. The second-order valence-electron chi connectivity index (χ2n) is 5.80. The minimum atomic E-state index is -3.82. The van der Waals surface area contributed by atoms with E-state index in [1.165, 1.54) is 12.1 Å². The number of rotatable bonds is 6. The molecular weight excluding hydrogens is 404 g/mol. The molecule has 1 aromatic heterocycles. The number of benzene rings is 2. The third-order valence-corrected chi connectivity index (χ3v) is 7.58. The fourth-order valence-electron chi connectivity index (χ4n) is 2.19. The predicted octanol–water partition coefficient (Wildman–Crippen LogP) is 3.37. The molecule has 0 unspecified atom stereocenters. The summed E-state index contributed by atoms with van der Waals surface area (Å²) in [5, 5.41) is 10.3. The Hall–Kier alpha value is -2.36. The van der Waals surface area contributed by atoms with Crippen LogP contribution in [0.1, 0.15) is 10.6 Å². The van der Waals surface area contributed by atoms with E-state index >= 15 is 0 Å². The molecule has 0 saturated carbocycles. The molecule has 0 fully saturated rings. The van der Waals surface area contributed by atoms with E-state index in [9.17, 15) is 16.8 Å². The van der Waals surface area contributed by atoms with Gasteiger partial charge in [0, 0.05) is 16.4 Å². The highest BCUT2D eigenvalue weighted by molar-refractivity contribution is 7.97. The van der Waals surface area contributed by atoms with Crippen LogP contribution >= 0.6 is 11.3 Å². The second kappa shape index (κ2) is 7.71. The zero-order valence-electron chi connectivity index (χ0n) is 14.3. The van der Waals surface area contributed by atoms with E-state index in [2.05, 4.69) is 10.2 Å². The summed E-state index contributed by atoms with van der Waals surface area (Å²) in [6.45, 7) is 1.97. The van der Waals surface area contributed by atoms with Gasteiger partial charge in [-0.3, -0.25) is 0 Å². The highest BCUT2D eigenvalue weighted by Gasteiger charge is 2.16. The Balaban J connectivity index is 1.76. The Morgan fingerprint density at radius 2 is 1.56 bits per heavy atom. The van der Waals surface area contributed by atoms with Crippen molar-refractivity contribution in [1.29, 1.82) is 0 Å². The maximum absolute atomic E-state index is 12.3. The highest BCUT2D eigenvalue weighted by Crippen LogP contribution is 2.25. The first kappa shape index (κ1) is 19.4. The van der Waals surface area contributed by atoms with Crippen LogP contribution in [0.2, 0.25) is 0 Å². The van der Waals surface area contributed by atoms with E-state index in [0.29, 0.717) is 20.8 Å². The van der Waals surface area contributed by atoms with Gasteiger partial charge in [-0.1, -0.05) is 59.4 Å². The van der Waals surface area contributed by atoms with E-state index in [0.717, 1.165) is 22.5 Å². The number of hydrogen-bond acceptors (Lipinski definition) is 7. The Morgan fingerprint density at radius 3 is 2.22 bits per heavy atom. The summed E-state index contributed by atoms with van der Waals surface area (Å²) >= 11 is 1.16. The summed E-state index contributed by atoms with van der Waals surface area (Å²) in [6.07, 6.45) is 0. The van der Waals surface area contributed by atoms with Gasteiger partial charge in [0.15, 0.2) is 9.84 Å². The zero-order valence-corrected chi connectivity index (χ0v) is 16.8. The third kappa shape index (κ3) is 5.09. The second-order valence-corrected chi connectivity index (χ2v) is 10.6. The first-order valence-corrected chi connectivity index (χ1v) is 11.9. The molecule has 6 nitrogen and oxygen atoms in total. The number of aryl methyl sites for hydroxylation is 1. The van der Waals surface area contributed by atoms with Gasteiger partial charge >= 0.3 is 0 Å². The van der Waals surface area contributed by atoms with E-state index in [-0.39, 0.29) is 4.90 Å². The molecule has 27 heavy (non-hydrogen) atoms. The van der Waals surface area contributed by atoms with Crippen molar-refractivity contribution in [3.63, 3.8) is 0 Å². The molecule has 0 bridgehead atoms. The van der Waals surface area contributed by atoms with E-state index in [1.807, 2.05) is 31.2 Å². The smallest absolute Gasteiger partial charge is 0.200 e. The van der Waals surface area contributed by atoms with Crippen molar-refractivity contribution in [1.82, 2.24) is 10.2 Å². The molecule has 0 aliphatic heterocycles. The van der Waals surface area contributed by atoms with Crippen LogP contribution in [0.5, 0.6) is 0 Å². The molecule has 0 aliphatic rings.